The summed E-state index contributed by atoms with van der Waals surface area (Å²) in [5.74, 6) is 0.0470. The fourth-order valence-electron chi connectivity index (χ4n) is 2.18. The maximum atomic E-state index is 8.66. The lowest BCUT2D eigenvalue weighted by Crippen LogP contribution is -2.13. The summed E-state index contributed by atoms with van der Waals surface area (Å²) in [6.07, 6.45) is 0. The molecular formula is C16H18ClN3O. The molecule has 0 aliphatic heterocycles. The first-order valence-corrected chi connectivity index (χ1v) is 6.96. The van der Waals surface area contributed by atoms with Gasteiger partial charge in [-0.3, -0.25) is 0 Å². The quantitative estimate of drug-likeness (QED) is 0.349. The van der Waals surface area contributed by atoms with Crippen LogP contribution >= 0.6 is 11.6 Å². The number of nitrogens with one attached hydrogen (secondary N) is 1. The van der Waals surface area contributed by atoms with Crippen LogP contribution in [-0.2, 0) is 6.54 Å². The summed E-state index contributed by atoms with van der Waals surface area (Å²) in [4.78, 5) is 0. The third-order valence-corrected chi connectivity index (χ3v) is 3.51. The van der Waals surface area contributed by atoms with Gasteiger partial charge in [-0.25, -0.2) is 0 Å². The van der Waals surface area contributed by atoms with Gasteiger partial charge in [0, 0.05) is 22.8 Å². The molecule has 2 rings (SSSR count). The van der Waals surface area contributed by atoms with Crippen LogP contribution in [0.5, 0.6) is 0 Å². The van der Waals surface area contributed by atoms with E-state index >= 15 is 0 Å². The smallest absolute Gasteiger partial charge is 0.170 e. The Morgan fingerprint density at radius 1 is 1.19 bits per heavy atom. The molecular weight excluding hydrogens is 286 g/mol. The highest BCUT2D eigenvalue weighted by molar-refractivity contribution is 6.31. The zero-order valence-corrected chi connectivity index (χ0v) is 12.8. The molecule has 4 nitrogen and oxygen atoms in total. The molecule has 0 amide bonds. The lowest BCUT2D eigenvalue weighted by Gasteiger charge is -2.11. The molecule has 0 unspecified atom stereocenters. The number of hydrogen-bond acceptors (Lipinski definition) is 3. The molecule has 2 aromatic carbocycles. The zero-order chi connectivity index (χ0) is 15.4. The van der Waals surface area contributed by atoms with Crippen LogP contribution in [0.2, 0.25) is 5.02 Å². The van der Waals surface area contributed by atoms with Crippen LogP contribution in [0, 0.1) is 13.8 Å². The highest BCUT2D eigenvalue weighted by Crippen LogP contribution is 2.20. The van der Waals surface area contributed by atoms with E-state index in [4.69, 9.17) is 22.5 Å². The molecule has 0 fully saturated rings. The SMILES string of the molecule is Cc1cc(C)cc(NCc2ccc(/C(N)=N/O)cc2Cl)c1. The van der Waals surface area contributed by atoms with E-state index in [2.05, 4.69) is 42.5 Å². The summed E-state index contributed by atoms with van der Waals surface area (Å²) >= 11 is 6.23. The van der Waals surface area contributed by atoms with Gasteiger partial charge in [0.15, 0.2) is 5.84 Å². The Hall–Kier alpha value is -2.20. The Kier molecular flexibility index (Phi) is 4.70. The number of anilines is 1. The molecule has 5 heteroatoms. The van der Waals surface area contributed by atoms with Gasteiger partial charge in [-0.15, -0.1) is 0 Å². The van der Waals surface area contributed by atoms with Gasteiger partial charge in [0.2, 0.25) is 0 Å². The molecule has 0 spiro atoms. The van der Waals surface area contributed by atoms with E-state index in [0.717, 1.165) is 11.3 Å². The maximum Gasteiger partial charge on any atom is 0.170 e. The van der Waals surface area contributed by atoms with E-state index in [1.165, 1.54) is 11.1 Å². The van der Waals surface area contributed by atoms with E-state index in [-0.39, 0.29) is 5.84 Å². The summed E-state index contributed by atoms with van der Waals surface area (Å²) in [6.45, 7) is 4.74. The molecule has 0 saturated carbocycles. The second-order valence-corrected chi connectivity index (χ2v) is 5.43. The summed E-state index contributed by atoms with van der Waals surface area (Å²) < 4.78 is 0. The first-order valence-electron chi connectivity index (χ1n) is 6.58. The number of hydrogen-bond donors (Lipinski definition) is 3. The summed E-state index contributed by atoms with van der Waals surface area (Å²) in [5, 5.41) is 15.6. The van der Waals surface area contributed by atoms with Crippen molar-refractivity contribution in [2.45, 2.75) is 20.4 Å². The fourth-order valence-corrected chi connectivity index (χ4v) is 2.43. The molecule has 4 N–H and O–H groups in total. The second-order valence-electron chi connectivity index (χ2n) is 5.02. The van der Waals surface area contributed by atoms with Crippen LogP contribution < -0.4 is 11.1 Å². The Labute approximate surface area is 129 Å². The predicted molar refractivity (Wildman–Crippen MR) is 87.2 cm³/mol. The van der Waals surface area contributed by atoms with Crippen molar-refractivity contribution in [2.24, 2.45) is 10.9 Å². The fraction of sp³-hybridized carbons (Fsp3) is 0.188. The van der Waals surface area contributed by atoms with Crippen molar-refractivity contribution in [3.8, 4) is 0 Å². The summed E-state index contributed by atoms with van der Waals surface area (Å²) in [6, 6.07) is 11.6. The maximum absolute atomic E-state index is 8.66. The van der Waals surface area contributed by atoms with Crippen molar-refractivity contribution >= 4 is 23.1 Å². The van der Waals surface area contributed by atoms with Crippen LogP contribution in [0.3, 0.4) is 0 Å². The first-order chi connectivity index (χ1) is 9.99. The number of rotatable bonds is 4. The number of halogens is 1. The van der Waals surface area contributed by atoms with Crippen molar-refractivity contribution in [3.63, 3.8) is 0 Å². The van der Waals surface area contributed by atoms with Crippen molar-refractivity contribution in [1.29, 1.82) is 0 Å². The van der Waals surface area contributed by atoms with E-state index in [9.17, 15) is 0 Å². The highest BCUT2D eigenvalue weighted by atomic mass is 35.5. The van der Waals surface area contributed by atoms with Crippen LogP contribution in [0.25, 0.3) is 0 Å². The third-order valence-electron chi connectivity index (χ3n) is 3.16. The van der Waals surface area contributed by atoms with E-state index < -0.39 is 0 Å². The molecule has 0 atom stereocenters. The molecule has 110 valence electrons. The summed E-state index contributed by atoms with van der Waals surface area (Å²) in [7, 11) is 0. The molecule has 21 heavy (non-hydrogen) atoms. The number of nitrogens with zero attached hydrogens (tertiary/aromatic N) is 1. The van der Waals surface area contributed by atoms with Crippen LogP contribution in [-0.4, -0.2) is 11.0 Å². The van der Waals surface area contributed by atoms with Gasteiger partial charge in [-0.1, -0.05) is 35.0 Å². The minimum Gasteiger partial charge on any atom is -0.409 e. The molecule has 0 bridgehead atoms. The van der Waals surface area contributed by atoms with Crippen molar-refractivity contribution in [2.75, 3.05) is 5.32 Å². The van der Waals surface area contributed by atoms with Gasteiger partial charge >= 0.3 is 0 Å². The molecule has 0 aromatic heterocycles. The lowest BCUT2D eigenvalue weighted by molar-refractivity contribution is 0.318. The van der Waals surface area contributed by atoms with E-state index in [0.29, 0.717) is 17.1 Å². The molecule has 0 heterocycles. The normalized spacial score (nSPS) is 11.5. The summed E-state index contributed by atoms with van der Waals surface area (Å²) in [5.41, 5.74) is 10.6. The monoisotopic (exact) mass is 303 g/mol. The van der Waals surface area contributed by atoms with Gasteiger partial charge in [-0.05, 0) is 48.7 Å². The number of oxime groups is 1. The van der Waals surface area contributed by atoms with Crippen LogP contribution in [0.1, 0.15) is 22.3 Å². The van der Waals surface area contributed by atoms with Crippen LogP contribution in [0.15, 0.2) is 41.6 Å². The van der Waals surface area contributed by atoms with Crippen molar-refractivity contribution in [1.82, 2.24) is 0 Å². The molecule has 0 aliphatic carbocycles. The third kappa shape index (κ3) is 3.89. The number of benzene rings is 2. The topological polar surface area (TPSA) is 70.6 Å². The Morgan fingerprint density at radius 2 is 1.86 bits per heavy atom. The average molecular weight is 304 g/mol. The highest BCUT2D eigenvalue weighted by Gasteiger charge is 2.05. The van der Waals surface area contributed by atoms with E-state index in [1.54, 1.807) is 12.1 Å². The molecule has 2 aromatic rings. The zero-order valence-electron chi connectivity index (χ0n) is 12.0. The number of amidine groups is 1. The molecule has 0 aliphatic rings. The number of aryl methyl sites for hydroxylation is 2. The van der Waals surface area contributed by atoms with Gasteiger partial charge in [0.1, 0.15) is 0 Å². The largest absolute Gasteiger partial charge is 0.409 e. The standard InChI is InChI=1S/C16H18ClN3O/c1-10-5-11(2)7-14(6-10)19-9-13-4-3-12(8-15(13)17)16(18)20-21/h3-8,19,21H,9H2,1-2H3,(H2,18,20). The van der Waals surface area contributed by atoms with Crippen molar-refractivity contribution < 1.29 is 5.21 Å². The van der Waals surface area contributed by atoms with Gasteiger partial charge in [-0.2, -0.15) is 0 Å². The first kappa shape index (κ1) is 15.2. The molecule has 0 saturated heterocycles. The van der Waals surface area contributed by atoms with Crippen LogP contribution in [0.4, 0.5) is 5.69 Å². The van der Waals surface area contributed by atoms with Crippen molar-refractivity contribution in [3.05, 3.63) is 63.7 Å². The number of nitrogens with two attached hydrogens (primary N) is 1. The Morgan fingerprint density at radius 3 is 2.43 bits per heavy atom. The minimum atomic E-state index is 0.0470. The van der Waals surface area contributed by atoms with Gasteiger partial charge < -0.3 is 16.3 Å². The van der Waals surface area contributed by atoms with E-state index in [1.807, 2.05) is 6.07 Å². The second kappa shape index (κ2) is 6.50. The Balaban J connectivity index is 2.13. The molecule has 0 radical (unpaired) electrons. The lowest BCUT2D eigenvalue weighted by atomic mass is 10.1. The predicted octanol–water partition coefficient (Wildman–Crippen LogP) is 3.66. The van der Waals surface area contributed by atoms with Gasteiger partial charge in [0.25, 0.3) is 0 Å². The minimum absolute atomic E-state index is 0.0470. The average Bonchev–Trinajstić information content (AvgIpc) is 2.44. The Bertz CT molecular complexity index is 663. The van der Waals surface area contributed by atoms with Gasteiger partial charge in [0.05, 0.1) is 0 Å².